The lowest BCUT2D eigenvalue weighted by Gasteiger charge is -2.31. The molecule has 1 saturated carbocycles. The lowest BCUT2D eigenvalue weighted by Crippen LogP contribution is -2.44. The van der Waals surface area contributed by atoms with Crippen molar-refractivity contribution in [1.82, 2.24) is 5.32 Å². The molecule has 8 heavy (non-hydrogen) atoms. The van der Waals surface area contributed by atoms with Crippen LogP contribution in [0.25, 0.3) is 0 Å². The Kier molecular flexibility index (Phi) is 0.637. The SMILES string of the molecule is O=CC12CC(CN1)C2. The molecule has 2 nitrogen and oxygen atoms in total. The molecule has 3 rings (SSSR count). The van der Waals surface area contributed by atoms with Gasteiger partial charge in [-0.2, -0.15) is 0 Å². The first-order valence-electron chi connectivity index (χ1n) is 3.06. The summed E-state index contributed by atoms with van der Waals surface area (Å²) in [6.07, 6.45) is 3.25. The van der Waals surface area contributed by atoms with Gasteiger partial charge in [0.25, 0.3) is 0 Å². The smallest absolute Gasteiger partial charge is 0.140 e. The Labute approximate surface area is 48.3 Å². The molecule has 3 fully saturated rings. The summed E-state index contributed by atoms with van der Waals surface area (Å²) in [4.78, 5) is 10.3. The quantitative estimate of drug-likeness (QED) is 0.480. The van der Waals surface area contributed by atoms with E-state index in [1.54, 1.807) is 0 Å². The molecule has 3 aliphatic rings. The third kappa shape index (κ3) is 0.348. The first-order valence-corrected chi connectivity index (χ1v) is 3.06. The molecular formula is C6H9NO. The Morgan fingerprint density at radius 1 is 1.62 bits per heavy atom. The zero-order valence-corrected chi connectivity index (χ0v) is 4.68. The lowest BCUT2D eigenvalue weighted by atomic mass is 9.75. The van der Waals surface area contributed by atoms with E-state index in [2.05, 4.69) is 5.32 Å². The van der Waals surface area contributed by atoms with Crippen LogP contribution in [-0.2, 0) is 4.79 Å². The fourth-order valence-corrected chi connectivity index (χ4v) is 1.74. The van der Waals surface area contributed by atoms with Crippen molar-refractivity contribution in [3.63, 3.8) is 0 Å². The first kappa shape index (κ1) is 4.50. The van der Waals surface area contributed by atoms with Gasteiger partial charge >= 0.3 is 0 Å². The van der Waals surface area contributed by atoms with Crippen LogP contribution in [-0.4, -0.2) is 18.4 Å². The van der Waals surface area contributed by atoms with Crippen LogP contribution in [0.3, 0.4) is 0 Å². The largest absolute Gasteiger partial charge is 0.305 e. The summed E-state index contributed by atoms with van der Waals surface area (Å²) in [5.74, 6) is 0.820. The summed E-state index contributed by atoms with van der Waals surface area (Å²) in [7, 11) is 0. The minimum Gasteiger partial charge on any atom is -0.305 e. The third-order valence-electron chi connectivity index (χ3n) is 2.27. The third-order valence-corrected chi connectivity index (χ3v) is 2.27. The van der Waals surface area contributed by atoms with Crippen LogP contribution in [0.15, 0.2) is 0 Å². The van der Waals surface area contributed by atoms with E-state index < -0.39 is 0 Å². The van der Waals surface area contributed by atoms with Crippen LogP contribution in [0, 0.1) is 5.92 Å². The molecule has 0 radical (unpaired) electrons. The van der Waals surface area contributed by atoms with Gasteiger partial charge in [-0.3, -0.25) is 0 Å². The van der Waals surface area contributed by atoms with Gasteiger partial charge in [0.15, 0.2) is 0 Å². The Morgan fingerprint density at radius 2 is 2.38 bits per heavy atom. The molecule has 1 aliphatic carbocycles. The van der Waals surface area contributed by atoms with E-state index in [1.165, 1.54) is 0 Å². The highest BCUT2D eigenvalue weighted by molar-refractivity contribution is 5.67. The summed E-state index contributed by atoms with van der Waals surface area (Å²) in [6, 6.07) is 0. The molecule has 2 heterocycles. The molecule has 2 aliphatic heterocycles. The van der Waals surface area contributed by atoms with Gasteiger partial charge in [0.1, 0.15) is 6.29 Å². The molecule has 0 aromatic rings. The molecule has 2 bridgehead atoms. The number of carbonyl (C=O) groups excluding carboxylic acids is 1. The maximum absolute atomic E-state index is 10.3. The van der Waals surface area contributed by atoms with Gasteiger partial charge < -0.3 is 10.1 Å². The second-order valence-corrected chi connectivity index (χ2v) is 2.93. The number of hydrogen-bond donors (Lipinski definition) is 1. The Morgan fingerprint density at radius 3 is 2.62 bits per heavy atom. The molecule has 2 saturated heterocycles. The standard InChI is InChI=1S/C6H9NO/c8-4-6-1-5(2-6)3-7-6/h4-5,7H,1-3H2. The van der Waals surface area contributed by atoms with Crippen LogP contribution >= 0.6 is 0 Å². The van der Waals surface area contributed by atoms with Gasteiger partial charge in [-0.1, -0.05) is 0 Å². The Bertz CT molecular complexity index is 121. The topological polar surface area (TPSA) is 29.1 Å². The summed E-state index contributed by atoms with van der Waals surface area (Å²) < 4.78 is 0. The fourth-order valence-electron chi connectivity index (χ4n) is 1.74. The van der Waals surface area contributed by atoms with Crippen LogP contribution in [0.4, 0.5) is 0 Å². The highest BCUT2D eigenvalue weighted by Crippen LogP contribution is 2.41. The number of hydrogen-bond acceptors (Lipinski definition) is 2. The van der Waals surface area contributed by atoms with Crippen molar-refractivity contribution < 1.29 is 4.79 Å². The molecule has 44 valence electrons. The number of carbonyl (C=O) groups is 1. The van der Waals surface area contributed by atoms with E-state index in [-0.39, 0.29) is 5.54 Å². The van der Waals surface area contributed by atoms with Crippen molar-refractivity contribution in [2.24, 2.45) is 5.92 Å². The Hall–Kier alpha value is -0.370. The minimum atomic E-state index is -0.0509. The molecule has 0 unspecified atom stereocenters. The summed E-state index contributed by atoms with van der Waals surface area (Å²) >= 11 is 0. The van der Waals surface area contributed by atoms with Gasteiger partial charge in [-0.05, 0) is 25.3 Å². The van der Waals surface area contributed by atoms with E-state index in [1.807, 2.05) is 0 Å². The zero-order chi connectivity index (χ0) is 5.61. The zero-order valence-electron chi connectivity index (χ0n) is 4.68. The van der Waals surface area contributed by atoms with E-state index in [0.717, 1.165) is 31.6 Å². The molecule has 0 amide bonds. The van der Waals surface area contributed by atoms with Crippen LogP contribution < -0.4 is 5.32 Å². The minimum absolute atomic E-state index is 0.0509. The van der Waals surface area contributed by atoms with E-state index in [0.29, 0.717) is 0 Å². The summed E-state index contributed by atoms with van der Waals surface area (Å²) in [6.45, 7) is 1.07. The van der Waals surface area contributed by atoms with Gasteiger partial charge in [0.05, 0.1) is 5.54 Å². The predicted molar refractivity (Wildman–Crippen MR) is 29.5 cm³/mol. The van der Waals surface area contributed by atoms with Crippen LogP contribution in [0.1, 0.15) is 12.8 Å². The first-order chi connectivity index (χ1) is 3.85. The summed E-state index contributed by atoms with van der Waals surface area (Å²) in [5.41, 5.74) is -0.0509. The van der Waals surface area contributed by atoms with Crippen molar-refractivity contribution >= 4 is 6.29 Å². The van der Waals surface area contributed by atoms with E-state index in [9.17, 15) is 4.79 Å². The van der Waals surface area contributed by atoms with Crippen molar-refractivity contribution in [1.29, 1.82) is 0 Å². The van der Waals surface area contributed by atoms with E-state index >= 15 is 0 Å². The molecule has 0 spiro atoms. The number of rotatable bonds is 1. The average Bonchev–Trinajstić information content (AvgIpc) is 2.17. The van der Waals surface area contributed by atoms with Crippen molar-refractivity contribution in [3.8, 4) is 0 Å². The molecular weight excluding hydrogens is 102 g/mol. The molecule has 2 heteroatoms. The van der Waals surface area contributed by atoms with Crippen molar-refractivity contribution in [3.05, 3.63) is 0 Å². The van der Waals surface area contributed by atoms with Crippen LogP contribution in [0.5, 0.6) is 0 Å². The normalized spacial score (nSPS) is 50.8. The Balaban J connectivity index is 2.19. The van der Waals surface area contributed by atoms with E-state index in [4.69, 9.17) is 0 Å². The number of aldehydes is 1. The molecule has 0 aromatic carbocycles. The molecule has 0 atom stereocenters. The number of fused-ring (bicyclic) bond motifs is 1. The molecule has 0 aromatic heterocycles. The average molecular weight is 111 g/mol. The van der Waals surface area contributed by atoms with Gasteiger partial charge in [0, 0.05) is 0 Å². The molecule has 1 N–H and O–H groups in total. The fraction of sp³-hybridized carbons (Fsp3) is 0.833. The highest BCUT2D eigenvalue weighted by Gasteiger charge is 2.49. The highest BCUT2D eigenvalue weighted by atomic mass is 16.1. The van der Waals surface area contributed by atoms with Gasteiger partial charge in [-0.15, -0.1) is 0 Å². The summed E-state index contributed by atoms with van der Waals surface area (Å²) in [5, 5.41) is 3.19. The maximum Gasteiger partial charge on any atom is 0.140 e. The van der Waals surface area contributed by atoms with Crippen LogP contribution in [0.2, 0.25) is 0 Å². The second kappa shape index (κ2) is 1.13. The second-order valence-electron chi connectivity index (χ2n) is 2.93. The van der Waals surface area contributed by atoms with Crippen molar-refractivity contribution in [2.45, 2.75) is 18.4 Å². The van der Waals surface area contributed by atoms with Gasteiger partial charge in [0.2, 0.25) is 0 Å². The monoisotopic (exact) mass is 111 g/mol. The number of nitrogens with one attached hydrogen (secondary N) is 1. The van der Waals surface area contributed by atoms with Gasteiger partial charge in [-0.25, -0.2) is 0 Å². The lowest BCUT2D eigenvalue weighted by molar-refractivity contribution is -0.115. The predicted octanol–water partition coefficient (Wildman–Crippen LogP) is -0.0627. The van der Waals surface area contributed by atoms with Crippen molar-refractivity contribution in [2.75, 3.05) is 6.54 Å². The maximum atomic E-state index is 10.3.